The fraction of sp³-hybridized carbons (Fsp3) is 0.366. The molecule has 3 aliphatic heterocycles. The second kappa shape index (κ2) is 46.6. The number of carbonyl (C=O) groups excluding carboxylic acids is 2. The topological polar surface area (TPSA) is 566 Å². The molecule has 0 bridgehead atoms. The number of aliphatic carboxylic acids is 4. The summed E-state index contributed by atoms with van der Waals surface area (Å²) in [5.74, 6) is -13.7. The summed E-state index contributed by atoms with van der Waals surface area (Å²) in [7, 11) is -6.66. The number of likely N-dealkylation sites (N-methyl/N-ethyl adjacent to an activating group) is 3. The largest absolute Gasteiger partial charge is 0.545 e. The summed E-state index contributed by atoms with van der Waals surface area (Å²) >= 11 is 12.0. The smallest absolute Gasteiger partial charge is 0.328 e. The highest BCUT2D eigenvalue weighted by atomic mass is 35.5. The van der Waals surface area contributed by atoms with Crippen LogP contribution in [0, 0.1) is 45.0 Å². The summed E-state index contributed by atoms with van der Waals surface area (Å²) in [5, 5.41) is 62.0. The number of nitrogens with zero attached hydrogens (tertiary/aromatic N) is 18. The van der Waals surface area contributed by atoms with Crippen LogP contribution >= 0.6 is 23.2 Å². The van der Waals surface area contributed by atoms with Gasteiger partial charge in [-0.25, -0.2) is 105 Å². The Bertz CT molecular complexity index is 7190. The predicted molar refractivity (Wildman–Crippen MR) is 523 cm³/mol. The summed E-state index contributed by atoms with van der Waals surface area (Å²) in [6, 6.07) is 24.3. The minimum atomic E-state index is -4.79. The van der Waals surface area contributed by atoms with E-state index in [9.17, 15) is 77.9 Å². The molecular formula is C93H102Cl2F6N25O16S3-. The van der Waals surface area contributed by atoms with Gasteiger partial charge in [0.2, 0.25) is 10.0 Å². The highest BCUT2D eigenvalue weighted by Crippen LogP contribution is 2.43. The van der Waals surface area contributed by atoms with Crippen LogP contribution in [0.3, 0.4) is 0 Å². The first-order valence-corrected chi connectivity index (χ1v) is 51.2. The lowest BCUT2D eigenvalue weighted by molar-refractivity contribution is -0.931. The molecule has 41 nitrogen and oxygen atoms in total. The number of sulfonamides is 3. The number of hydrogen-bond donors (Lipinski definition) is 9. The van der Waals surface area contributed by atoms with Crippen LogP contribution in [0.1, 0.15) is 101 Å². The van der Waals surface area contributed by atoms with E-state index >= 15 is 13.2 Å². The number of carboxylic acids is 4. The number of benzene rings is 6. The Labute approximate surface area is 837 Å². The number of quaternary nitrogens is 1. The van der Waals surface area contributed by atoms with E-state index in [2.05, 4.69) is 85.0 Å². The lowest BCUT2D eigenvalue weighted by atomic mass is 9.90. The van der Waals surface area contributed by atoms with Crippen LogP contribution in [0.25, 0.3) is 66.9 Å². The van der Waals surface area contributed by atoms with Crippen molar-refractivity contribution in [1.82, 2.24) is 83.7 Å². The van der Waals surface area contributed by atoms with E-state index in [1.807, 2.05) is 18.8 Å². The van der Waals surface area contributed by atoms with Gasteiger partial charge in [-0.1, -0.05) is 59.6 Å². The fourth-order valence-corrected chi connectivity index (χ4v) is 22.9. The Morgan fingerprint density at radius 2 is 0.821 bits per heavy atom. The number of nitro groups is 1. The molecule has 12 aromatic rings. The van der Waals surface area contributed by atoms with Crippen molar-refractivity contribution in [3.05, 3.63) is 213 Å². The lowest BCUT2D eigenvalue weighted by Crippen LogP contribution is -3.18. The minimum Gasteiger partial charge on any atom is -0.545 e. The average molecular weight is 2110 g/mol. The molecule has 52 heteroatoms. The summed E-state index contributed by atoms with van der Waals surface area (Å²) in [4.78, 5) is 87.0. The first kappa shape index (κ1) is 107. The number of aromatic nitrogens is 12. The number of nitrogen functional groups attached to an aromatic ring is 3. The van der Waals surface area contributed by atoms with Crippen LogP contribution in [0.4, 0.5) is 66.5 Å². The molecular weight excluding hydrogens is 2000 g/mol. The van der Waals surface area contributed by atoms with E-state index in [1.54, 1.807) is 17.0 Å². The summed E-state index contributed by atoms with van der Waals surface area (Å²) < 4.78 is 176. The van der Waals surface area contributed by atoms with Gasteiger partial charge in [0.25, 0.3) is 25.7 Å². The number of anilines is 6. The van der Waals surface area contributed by atoms with Crippen LogP contribution in [-0.4, -0.2) is 266 Å². The Kier molecular flexibility index (Phi) is 34.4. The van der Waals surface area contributed by atoms with Crippen molar-refractivity contribution < 1.29 is 101 Å². The molecule has 3 saturated heterocycles. The third-order valence-electron chi connectivity index (χ3n) is 26.1. The normalized spacial score (nSPS) is 19.2. The number of carboxylic acid groups (broad SMARTS) is 4. The van der Waals surface area contributed by atoms with Gasteiger partial charge in [-0.2, -0.15) is 15.3 Å². The van der Waals surface area contributed by atoms with Crippen molar-refractivity contribution in [2.75, 3.05) is 131 Å². The van der Waals surface area contributed by atoms with Crippen LogP contribution in [0.2, 0.25) is 10.0 Å². The zero-order chi connectivity index (χ0) is 104. The highest BCUT2D eigenvalue weighted by molar-refractivity contribution is 7.93. The number of nitrogens with one attached hydrogen (secondary N) is 4. The zero-order valence-corrected chi connectivity index (χ0v) is 82.2. The monoisotopic (exact) mass is 2100 g/mol. The van der Waals surface area contributed by atoms with E-state index in [0.717, 1.165) is 168 Å². The van der Waals surface area contributed by atoms with Crippen molar-refractivity contribution in [3.8, 4) is 33.8 Å². The second-order valence-electron chi connectivity index (χ2n) is 35.6. The van der Waals surface area contributed by atoms with Crippen molar-refractivity contribution >= 4 is 150 Å². The van der Waals surface area contributed by atoms with E-state index in [-0.39, 0.29) is 78.7 Å². The van der Waals surface area contributed by atoms with Crippen molar-refractivity contribution in [2.45, 2.75) is 129 Å². The summed E-state index contributed by atoms with van der Waals surface area (Å²) in [6.45, 7) is 13.1. The van der Waals surface area contributed by atoms with Crippen LogP contribution in [-0.2, 0) is 55.0 Å². The number of hydrogen-bond acceptors (Lipinski definition) is 31. The number of halogens is 8. The van der Waals surface area contributed by atoms with Crippen LogP contribution in [0.5, 0.6) is 0 Å². The maximum Gasteiger partial charge on any atom is 0.328 e. The van der Waals surface area contributed by atoms with Crippen LogP contribution in [0.15, 0.2) is 162 Å². The molecule has 3 saturated carbocycles. The predicted octanol–water partition coefficient (Wildman–Crippen LogP) is 8.35. The molecule has 0 unspecified atom stereocenters. The Hall–Kier alpha value is -13.7. The zero-order valence-electron chi connectivity index (χ0n) is 78.2. The third-order valence-corrected chi connectivity index (χ3v) is 30.8. The molecule has 145 heavy (non-hydrogen) atoms. The number of rotatable bonds is 24. The molecule has 9 heterocycles. The molecule has 0 amide bonds. The van der Waals surface area contributed by atoms with Gasteiger partial charge in [0.1, 0.15) is 86.5 Å². The maximum absolute atomic E-state index is 15.4. The van der Waals surface area contributed by atoms with Gasteiger partial charge in [0.15, 0.2) is 34.4 Å². The lowest BCUT2D eigenvalue weighted by Gasteiger charge is -2.41. The van der Waals surface area contributed by atoms with Crippen molar-refractivity contribution in [1.29, 1.82) is 0 Å². The molecule has 6 fully saturated rings. The number of nitro benzene ring substituents is 1. The molecule has 6 aliphatic rings. The van der Waals surface area contributed by atoms with Crippen molar-refractivity contribution in [3.63, 3.8) is 0 Å². The van der Waals surface area contributed by atoms with Crippen LogP contribution < -0.4 is 46.5 Å². The third kappa shape index (κ3) is 26.2. The minimum absolute atomic E-state index is 0.00603. The van der Waals surface area contributed by atoms with E-state index in [1.165, 1.54) is 91.8 Å². The van der Waals surface area contributed by atoms with Gasteiger partial charge in [-0.15, -0.1) is 0 Å². The molecule has 0 spiro atoms. The molecule has 0 radical (unpaired) electrons. The molecule has 0 atom stereocenters. The number of fused-ring (bicyclic) bond motifs is 3. The fourth-order valence-electron chi connectivity index (χ4n) is 18.7. The van der Waals surface area contributed by atoms with Gasteiger partial charge in [-0.3, -0.25) is 39.0 Å². The Balaban J connectivity index is 0.000000159. The van der Waals surface area contributed by atoms with E-state index in [4.69, 9.17) is 65.9 Å². The molecule has 770 valence electrons. The molecule has 3 aliphatic carbocycles. The van der Waals surface area contributed by atoms with Gasteiger partial charge in [0, 0.05) is 136 Å². The molecule has 18 rings (SSSR count). The summed E-state index contributed by atoms with van der Waals surface area (Å²) in [5.41, 5.74) is 21.4. The first-order chi connectivity index (χ1) is 69.0. The Morgan fingerprint density at radius 1 is 0.455 bits per heavy atom. The average Bonchev–Trinajstić information content (AvgIpc) is 1.62. The second-order valence-corrected chi connectivity index (χ2v) is 41.5. The quantitative estimate of drug-likeness (QED) is 0.00901. The van der Waals surface area contributed by atoms with Gasteiger partial charge in [0.05, 0.1) is 92.4 Å². The van der Waals surface area contributed by atoms with Gasteiger partial charge >= 0.3 is 11.9 Å². The van der Waals surface area contributed by atoms with Gasteiger partial charge in [-0.05, 0) is 164 Å². The van der Waals surface area contributed by atoms with E-state index in [0.29, 0.717) is 116 Å². The van der Waals surface area contributed by atoms with Crippen molar-refractivity contribution in [2.24, 2.45) is 0 Å². The number of para-hydroxylation sites is 1. The molecule has 12 N–H and O–H groups in total. The standard InChI is InChI=1S/C29H34FN9O4S.C28H31Cl2FN8O2S.C28H30F4N8O2S.2C4H4O4/c1-36-12-14-37(15-13-36)21-7-9-22(10-8-21)38-29-26(28(31)32-18-33-29)27(34-38)19-6-11-24(23(30)16-19)35-44(42,43)17-20-4-2-3-5-25(20)39(40)41;1-37-10-12-38(13-11-37)19-4-6-20(7-5-19)39-28-25(27(32)33-16-34-28)26(35-39)17-2-8-23(22(31)14-17)36-42(40,41)24-9-3-18(29)15-21(24)30;1-38-10-12-39(13-11-38)17-3-5-18(6-4-17)40-28-23(27(33)34-15-35-28)26(36-40)16-2-8-21(20(30)14-16)37-43(41,42)22-9-7-19(29)24(31)25(22)32;2*5-3(6)1-2-4(7)8/h2-6,11,16,18,21-22,35H,7-10,12-15,17H2,1H3,(H2,31,32,33);2-3,8-9,14-16,19-20,36H,4-7,10-13H2,1H3,(H2,32,33,34);2,7-9,14-15,17-18,37H,3-6,10-13H2,1H3,(H2,33,34,35);2*1-2H,(H,5,6)(H,7,8)/p-1/b;;;2*2-1-. The number of carbonyl (C=O) groups is 4. The molecule has 6 aromatic carbocycles. The SMILES string of the molecule is CN1CCN(C2CCC(n3nc(-c4ccc(NS(=O)(=O)c5ccc(Cl)cc5Cl)c(F)c4)c4c(N)ncnc43)CC2)CC1.CN1CCN(C2CCC(n3nc(-c4ccc(NS(=O)(=O)c5ccc(F)c(F)c5F)c(F)c4)c4c(N)ncnc43)CC2)CC1.CN1CC[NH+](C2CCC(n3nc(-c4ccc(NS(=O)(=O)Cc5ccccc5[N+](=O)[O-])c(F)c4)c4c(N)ncnc43)CC2)CC1.O=C([O-])/C=C\C(=O)O.O=C([O-])/C=C\C(=O)O. The van der Waals surface area contributed by atoms with Gasteiger partial charge < -0.3 is 61.9 Å². The maximum atomic E-state index is 15.4. The molecule has 6 aromatic heterocycles. The Morgan fingerprint density at radius 3 is 1.19 bits per heavy atom. The highest BCUT2D eigenvalue weighted by Gasteiger charge is 2.38. The first-order valence-electron chi connectivity index (χ1n) is 45.8. The van der Waals surface area contributed by atoms with E-state index < -0.39 is 110 Å². The number of piperazine rings is 3. The summed E-state index contributed by atoms with van der Waals surface area (Å²) in [6.07, 6.45) is 17.9. The number of nitrogens with two attached hydrogens (primary N) is 3.